The van der Waals surface area contributed by atoms with Crippen molar-refractivity contribution >= 4 is 11.5 Å². The summed E-state index contributed by atoms with van der Waals surface area (Å²) in [5.41, 5.74) is 7.18. The number of ether oxygens (including phenoxy) is 1. The number of nitrogens with two attached hydrogens (primary N) is 1. The summed E-state index contributed by atoms with van der Waals surface area (Å²) in [5.74, 6) is 0.0884. The monoisotopic (exact) mass is 416 g/mol. The number of nitrogens with one attached hydrogen (secondary N) is 2. The number of rotatable bonds is 6. The van der Waals surface area contributed by atoms with Crippen LogP contribution in [0.1, 0.15) is 11.8 Å². The number of piperazine rings is 1. The van der Waals surface area contributed by atoms with E-state index < -0.39 is 30.2 Å². The van der Waals surface area contributed by atoms with Crippen LogP contribution in [0.5, 0.6) is 0 Å². The minimum Gasteiger partial charge on any atom is -0.387 e. The number of benzene rings is 1. The van der Waals surface area contributed by atoms with Crippen molar-refractivity contribution in [3.05, 3.63) is 52.6 Å². The summed E-state index contributed by atoms with van der Waals surface area (Å²) < 4.78 is 6.87. The van der Waals surface area contributed by atoms with Crippen LogP contribution in [0, 0.1) is 0 Å². The smallest absolute Gasteiger partial charge is 0.351 e. The molecule has 0 bridgehead atoms. The van der Waals surface area contributed by atoms with Crippen LogP contribution in [0.3, 0.4) is 0 Å². The number of hydrogen-bond donors (Lipinski definition) is 5. The summed E-state index contributed by atoms with van der Waals surface area (Å²) in [6.07, 6.45) is -2.62. The first-order chi connectivity index (χ1) is 14.5. The zero-order valence-electron chi connectivity index (χ0n) is 16.6. The molecule has 162 valence electrons. The summed E-state index contributed by atoms with van der Waals surface area (Å²) >= 11 is 0. The normalized spacial score (nSPS) is 26.8. The Morgan fingerprint density at radius 3 is 2.60 bits per heavy atom. The van der Waals surface area contributed by atoms with Crippen molar-refractivity contribution in [3.8, 4) is 0 Å². The van der Waals surface area contributed by atoms with E-state index in [2.05, 4.69) is 44.8 Å². The number of anilines is 2. The first-order valence-electron chi connectivity index (χ1n) is 10.1. The number of aliphatic hydroxyl groups is 2. The van der Waals surface area contributed by atoms with Gasteiger partial charge in [-0.1, -0.05) is 12.1 Å². The van der Waals surface area contributed by atoms with Crippen LogP contribution in [0.25, 0.3) is 0 Å². The molecule has 0 saturated carbocycles. The molecule has 0 radical (unpaired) electrons. The minimum atomic E-state index is -1.24. The molecule has 1 aromatic carbocycles. The molecule has 10 nitrogen and oxygen atoms in total. The molecular weight excluding hydrogens is 388 g/mol. The van der Waals surface area contributed by atoms with Gasteiger partial charge in [-0.25, -0.2) is 4.79 Å². The van der Waals surface area contributed by atoms with Gasteiger partial charge in [0.15, 0.2) is 6.23 Å². The van der Waals surface area contributed by atoms with Crippen molar-refractivity contribution < 1.29 is 14.9 Å². The topological polar surface area (TPSA) is 138 Å². The van der Waals surface area contributed by atoms with Gasteiger partial charge in [0.1, 0.15) is 24.1 Å². The molecule has 0 spiro atoms. The number of hydrogen-bond acceptors (Lipinski definition) is 9. The van der Waals surface area contributed by atoms with E-state index in [-0.39, 0.29) is 5.82 Å². The van der Waals surface area contributed by atoms with E-state index >= 15 is 0 Å². The van der Waals surface area contributed by atoms with Gasteiger partial charge in [0.2, 0.25) is 0 Å². The number of nitrogens with zero attached hydrogens (tertiary/aromatic N) is 3. The fourth-order valence-electron chi connectivity index (χ4n) is 3.85. The molecule has 0 unspecified atom stereocenters. The highest BCUT2D eigenvalue weighted by atomic mass is 16.6. The fraction of sp³-hybridized carbons (Fsp3) is 0.500. The Labute approximate surface area is 174 Å². The predicted octanol–water partition coefficient (Wildman–Crippen LogP) is -1.36. The van der Waals surface area contributed by atoms with Gasteiger partial charge in [0.25, 0.3) is 0 Å². The van der Waals surface area contributed by atoms with E-state index in [1.165, 1.54) is 18.0 Å². The second-order valence-electron chi connectivity index (χ2n) is 7.62. The molecule has 4 atom stereocenters. The molecule has 1 aromatic heterocycles. The van der Waals surface area contributed by atoms with Gasteiger partial charge in [-0.2, -0.15) is 4.98 Å². The highest BCUT2D eigenvalue weighted by Crippen LogP contribution is 2.28. The van der Waals surface area contributed by atoms with Crippen LogP contribution in [-0.2, 0) is 11.3 Å². The van der Waals surface area contributed by atoms with Crippen LogP contribution in [0.4, 0.5) is 11.5 Å². The average Bonchev–Trinajstić information content (AvgIpc) is 3.03. The van der Waals surface area contributed by atoms with Crippen LogP contribution < -0.4 is 27.0 Å². The van der Waals surface area contributed by atoms with Gasteiger partial charge in [-0.3, -0.25) is 4.57 Å². The lowest BCUT2D eigenvalue weighted by molar-refractivity contribution is -0.0390. The van der Waals surface area contributed by atoms with Crippen molar-refractivity contribution in [1.82, 2.24) is 20.2 Å². The summed E-state index contributed by atoms with van der Waals surface area (Å²) in [7, 11) is 0. The fourth-order valence-corrected chi connectivity index (χ4v) is 3.85. The zero-order chi connectivity index (χ0) is 21.1. The van der Waals surface area contributed by atoms with Gasteiger partial charge >= 0.3 is 5.69 Å². The Balaban J connectivity index is 1.31. The Kier molecular flexibility index (Phi) is 6.30. The van der Waals surface area contributed by atoms with Gasteiger partial charge < -0.3 is 36.2 Å². The number of nitrogen functional groups attached to an aromatic ring is 1. The number of aromatic nitrogens is 2. The molecule has 2 aliphatic heterocycles. The molecule has 6 N–H and O–H groups in total. The van der Waals surface area contributed by atoms with E-state index in [1.807, 2.05) is 0 Å². The van der Waals surface area contributed by atoms with E-state index in [0.29, 0.717) is 13.1 Å². The maximum atomic E-state index is 12.0. The summed E-state index contributed by atoms with van der Waals surface area (Å²) in [5, 5.41) is 27.2. The molecule has 2 aliphatic rings. The van der Waals surface area contributed by atoms with Crippen molar-refractivity contribution in [2.75, 3.05) is 43.4 Å². The molecule has 0 amide bonds. The molecule has 2 aromatic rings. The van der Waals surface area contributed by atoms with Crippen molar-refractivity contribution in [2.45, 2.75) is 31.1 Å². The molecule has 2 fully saturated rings. The van der Waals surface area contributed by atoms with E-state index in [9.17, 15) is 15.0 Å². The molecule has 10 heteroatoms. The third-order valence-electron chi connectivity index (χ3n) is 5.56. The Morgan fingerprint density at radius 1 is 1.17 bits per heavy atom. The van der Waals surface area contributed by atoms with Crippen molar-refractivity contribution in [3.63, 3.8) is 0 Å². The first kappa shape index (κ1) is 20.8. The van der Waals surface area contributed by atoms with Gasteiger partial charge in [0.05, 0.1) is 0 Å². The Hall–Kier alpha value is -2.50. The van der Waals surface area contributed by atoms with E-state index in [0.717, 1.165) is 36.3 Å². The highest BCUT2D eigenvalue weighted by Gasteiger charge is 2.43. The standard InChI is InChI=1S/C20H28N6O4/c21-16-5-8-26(20(29)24-16)19-18(28)17(27)15(30-19)12-23-11-13-1-3-14(4-2-13)25-9-6-22-7-10-25/h1-5,8,15,17-19,22-23,27-28H,6-7,9-12H2,(H2,21,24,29)/t15-,17-,18-,19-/m1/s1. The van der Waals surface area contributed by atoms with Crippen molar-refractivity contribution in [2.24, 2.45) is 0 Å². The highest BCUT2D eigenvalue weighted by molar-refractivity contribution is 5.48. The Bertz CT molecular complexity index is 899. The summed E-state index contributed by atoms with van der Waals surface area (Å²) in [6, 6.07) is 9.83. The number of aliphatic hydroxyl groups excluding tert-OH is 2. The second-order valence-corrected chi connectivity index (χ2v) is 7.62. The molecule has 0 aliphatic carbocycles. The van der Waals surface area contributed by atoms with Gasteiger partial charge in [-0.15, -0.1) is 0 Å². The van der Waals surface area contributed by atoms with Crippen LogP contribution in [0.15, 0.2) is 41.3 Å². The van der Waals surface area contributed by atoms with Gasteiger partial charge in [-0.05, 0) is 23.8 Å². The summed E-state index contributed by atoms with van der Waals surface area (Å²) in [4.78, 5) is 18.0. The van der Waals surface area contributed by atoms with Crippen LogP contribution >= 0.6 is 0 Å². The molecule has 2 saturated heterocycles. The maximum Gasteiger partial charge on any atom is 0.351 e. The lowest BCUT2D eigenvalue weighted by atomic mass is 10.1. The third-order valence-corrected chi connectivity index (χ3v) is 5.56. The van der Waals surface area contributed by atoms with Crippen LogP contribution in [-0.4, -0.2) is 70.8 Å². The summed E-state index contributed by atoms with van der Waals surface area (Å²) in [6.45, 7) is 4.93. The zero-order valence-corrected chi connectivity index (χ0v) is 16.6. The molecular formula is C20H28N6O4. The van der Waals surface area contributed by atoms with Crippen LogP contribution in [0.2, 0.25) is 0 Å². The lowest BCUT2D eigenvalue weighted by Gasteiger charge is -2.29. The molecule has 3 heterocycles. The van der Waals surface area contributed by atoms with E-state index in [4.69, 9.17) is 10.5 Å². The van der Waals surface area contributed by atoms with Gasteiger partial charge in [0, 0.05) is 51.2 Å². The second kappa shape index (κ2) is 9.11. The third kappa shape index (κ3) is 4.47. The lowest BCUT2D eigenvalue weighted by Crippen LogP contribution is -2.43. The van der Waals surface area contributed by atoms with E-state index in [1.54, 1.807) is 0 Å². The minimum absolute atomic E-state index is 0.0884. The first-order valence-corrected chi connectivity index (χ1v) is 10.1. The van der Waals surface area contributed by atoms with Crippen molar-refractivity contribution in [1.29, 1.82) is 0 Å². The quantitative estimate of drug-likeness (QED) is 0.387. The maximum absolute atomic E-state index is 12.0. The largest absolute Gasteiger partial charge is 0.387 e. The molecule has 30 heavy (non-hydrogen) atoms. The molecule has 4 rings (SSSR count). The predicted molar refractivity (Wildman–Crippen MR) is 112 cm³/mol. The SMILES string of the molecule is Nc1ccn([C@@H]2O[C@H](CNCc3ccc(N4CCNCC4)cc3)[C@@H](O)[C@H]2O)c(=O)n1. The Morgan fingerprint density at radius 2 is 1.90 bits per heavy atom. The average molecular weight is 416 g/mol.